The minimum absolute atomic E-state index is 0.329. The van der Waals surface area contributed by atoms with Gasteiger partial charge in [-0.25, -0.2) is 0 Å². The Morgan fingerprint density at radius 3 is 3.21 bits per heavy atom. The van der Waals surface area contributed by atoms with Gasteiger partial charge >= 0.3 is 0 Å². The molecule has 0 radical (unpaired) electrons. The average Bonchev–Trinajstić information content (AvgIpc) is 2.20. The molecule has 0 aliphatic carbocycles. The Labute approximate surface area is 88.3 Å². The molecule has 1 atom stereocenters. The quantitative estimate of drug-likeness (QED) is 0.812. The first-order chi connectivity index (χ1) is 6.83. The number of fused-ring (bicyclic) bond motifs is 1. The Kier molecular flexibility index (Phi) is 2.99. The fourth-order valence-electron chi connectivity index (χ4n) is 1.70. The van der Waals surface area contributed by atoms with Crippen LogP contribution in [0.2, 0.25) is 0 Å². The summed E-state index contributed by atoms with van der Waals surface area (Å²) in [6.45, 7) is 2.66. The first-order valence-electron chi connectivity index (χ1n) is 4.83. The van der Waals surface area contributed by atoms with Gasteiger partial charge in [0.1, 0.15) is 5.75 Å². The average molecular weight is 210 g/mol. The van der Waals surface area contributed by atoms with Gasteiger partial charge < -0.3 is 9.84 Å². The van der Waals surface area contributed by atoms with Crippen LogP contribution in [0.5, 0.6) is 5.75 Å². The number of hydrogen-bond acceptors (Lipinski definition) is 3. The number of ether oxygens (including phenoxy) is 1. The Morgan fingerprint density at radius 1 is 1.57 bits per heavy atom. The predicted octanol–water partition coefficient (Wildman–Crippen LogP) is 2.37. The lowest BCUT2D eigenvalue weighted by atomic mass is 10.0. The van der Waals surface area contributed by atoms with E-state index in [4.69, 9.17) is 4.74 Å². The van der Waals surface area contributed by atoms with Crippen LogP contribution < -0.4 is 4.74 Å². The van der Waals surface area contributed by atoms with Gasteiger partial charge in [-0.15, -0.1) is 0 Å². The highest BCUT2D eigenvalue weighted by molar-refractivity contribution is 7.98. The van der Waals surface area contributed by atoms with Crippen molar-refractivity contribution >= 4 is 11.8 Å². The summed E-state index contributed by atoms with van der Waals surface area (Å²) < 4.78 is 5.53. The SMILES string of the molecule is CCOc1cccc2c1CSC[C@H]2O. The highest BCUT2D eigenvalue weighted by Gasteiger charge is 2.20. The van der Waals surface area contributed by atoms with E-state index in [1.165, 1.54) is 0 Å². The third-order valence-electron chi connectivity index (χ3n) is 2.35. The van der Waals surface area contributed by atoms with Gasteiger partial charge in [-0.05, 0) is 18.6 Å². The fourth-order valence-corrected chi connectivity index (χ4v) is 2.74. The van der Waals surface area contributed by atoms with E-state index in [1.807, 2.05) is 25.1 Å². The predicted molar refractivity (Wildman–Crippen MR) is 58.7 cm³/mol. The van der Waals surface area contributed by atoms with Crippen molar-refractivity contribution < 1.29 is 9.84 Å². The Balaban J connectivity index is 2.39. The summed E-state index contributed by atoms with van der Waals surface area (Å²) in [6.07, 6.45) is -0.329. The Bertz CT molecular complexity index is 325. The molecule has 1 N–H and O–H groups in total. The molecule has 0 aromatic heterocycles. The van der Waals surface area contributed by atoms with Gasteiger partial charge in [-0.3, -0.25) is 0 Å². The van der Waals surface area contributed by atoms with Crippen molar-refractivity contribution in [1.82, 2.24) is 0 Å². The van der Waals surface area contributed by atoms with Gasteiger partial charge in [0.2, 0.25) is 0 Å². The molecule has 1 heterocycles. The number of aliphatic hydroxyl groups excluding tert-OH is 1. The first kappa shape index (κ1) is 9.87. The Hall–Kier alpha value is -0.670. The van der Waals surface area contributed by atoms with Crippen molar-refractivity contribution in [1.29, 1.82) is 0 Å². The van der Waals surface area contributed by atoms with Crippen LogP contribution in [0, 0.1) is 0 Å². The van der Waals surface area contributed by atoms with Crippen LogP contribution in [0.4, 0.5) is 0 Å². The molecule has 0 saturated heterocycles. The second-order valence-corrected chi connectivity index (χ2v) is 4.32. The van der Waals surface area contributed by atoms with Crippen LogP contribution in [-0.4, -0.2) is 17.5 Å². The number of rotatable bonds is 2. The topological polar surface area (TPSA) is 29.5 Å². The van der Waals surface area contributed by atoms with Gasteiger partial charge in [-0.2, -0.15) is 11.8 Å². The largest absolute Gasteiger partial charge is 0.494 e. The number of thioether (sulfide) groups is 1. The van der Waals surface area contributed by atoms with Crippen LogP contribution in [0.25, 0.3) is 0 Å². The first-order valence-corrected chi connectivity index (χ1v) is 5.98. The fraction of sp³-hybridized carbons (Fsp3) is 0.455. The second kappa shape index (κ2) is 4.24. The summed E-state index contributed by atoms with van der Waals surface area (Å²) in [5.74, 6) is 2.67. The van der Waals surface area contributed by atoms with Gasteiger partial charge in [-0.1, -0.05) is 12.1 Å². The smallest absolute Gasteiger partial charge is 0.123 e. The van der Waals surface area contributed by atoms with Crippen molar-refractivity contribution in [3.05, 3.63) is 29.3 Å². The lowest BCUT2D eigenvalue weighted by molar-refractivity contribution is 0.200. The van der Waals surface area contributed by atoms with Gasteiger partial charge in [0.15, 0.2) is 0 Å². The van der Waals surface area contributed by atoms with Gasteiger partial charge in [0.05, 0.1) is 12.7 Å². The third kappa shape index (κ3) is 1.74. The molecule has 1 aromatic carbocycles. The molecule has 0 saturated carbocycles. The Morgan fingerprint density at radius 2 is 2.43 bits per heavy atom. The molecule has 0 fully saturated rings. The minimum Gasteiger partial charge on any atom is -0.494 e. The lowest BCUT2D eigenvalue weighted by Gasteiger charge is -2.23. The molecule has 0 spiro atoms. The van der Waals surface area contributed by atoms with E-state index >= 15 is 0 Å². The molecule has 1 aliphatic rings. The highest BCUT2D eigenvalue weighted by atomic mass is 32.2. The molecule has 2 rings (SSSR count). The van der Waals surface area contributed by atoms with Gasteiger partial charge in [0.25, 0.3) is 0 Å². The van der Waals surface area contributed by atoms with Gasteiger partial charge in [0, 0.05) is 17.1 Å². The standard InChI is InChI=1S/C11H14O2S/c1-2-13-11-5-3-4-8-9(11)6-14-7-10(8)12/h3-5,10,12H,2,6-7H2,1H3/t10-/m1/s1. The lowest BCUT2D eigenvalue weighted by Crippen LogP contribution is -2.11. The van der Waals surface area contributed by atoms with E-state index < -0.39 is 0 Å². The van der Waals surface area contributed by atoms with Crippen molar-refractivity contribution in [2.75, 3.05) is 12.4 Å². The molecule has 1 aromatic rings. The molecule has 0 bridgehead atoms. The molecule has 1 aliphatic heterocycles. The number of aliphatic hydroxyl groups is 1. The van der Waals surface area contributed by atoms with Crippen molar-refractivity contribution in [3.8, 4) is 5.75 Å². The van der Waals surface area contributed by atoms with Crippen molar-refractivity contribution in [2.24, 2.45) is 0 Å². The molecule has 0 amide bonds. The summed E-state index contributed by atoms with van der Waals surface area (Å²) in [6, 6.07) is 5.91. The molecular formula is C11H14O2S. The molecule has 0 unspecified atom stereocenters. The number of hydrogen-bond donors (Lipinski definition) is 1. The molecular weight excluding hydrogens is 196 g/mol. The third-order valence-corrected chi connectivity index (χ3v) is 3.39. The summed E-state index contributed by atoms with van der Waals surface area (Å²) in [7, 11) is 0. The normalized spacial score (nSPS) is 20.3. The molecule has 3 heteroatoms. The van der Waals surface area contributed by atoms with Crippen LogP contribution in [0.3, 0.4) is 0 Å². The highest BCUT2D eigenvalue weighted by Crippen LogP contribution is 2.36. The zero-order valence-corrected chi connectivity index (χ0v) is 9.01. The van der Waals surface area contributed by atoms with Crippen LogP contribution in [-0.2, 0) is 5.75 Å². The zero-order valence-electron chi connectivity index (χ0n) is 8.19. The summed E-state index contributed by atoms with van der Waals surface area (Å²) in [5, 5.41) is 9.78. The van der Waals surface area contributed by atoms with E-state index in [0.717, 1.165) is 28.4 Å². The molecule has 14 heavy (non-hydrogen) atoms. The van der Waals surface area contributed by atoms with Crippen molar-refractivity contribution in [3.63, 3.8) is 0 Å². The zero-order chi connectivity index (χ0) is 9.97. The van der Waals surface area contributed by atoms with E-state index in [0.29, 0.717) is 6.61 Å². The number of benzene rings is 1. The monoisotopic (exact) mass is 210 g/mol. The van der Waals surface area contributed by atoms with E-state index in [9.17, 15) is 5.11 Å². The second-order valence-electron chi connectivity index (χ2n) is 3.29. The molecule has 76 valence electrons. The maximum absolute atomic E-state index is 9.78. The van der Waals surface area contributed by atoms with E-state index in [1.54, 1.807) is 11.8 Å². The van der Waals surface area contributed by atoms with Crippen LogP contribution in [0.15, 0.2) is 18.2 Å². The van der Waals surface area contributed by atoms with Crippen LogP contribution in [0.1, 0.15) is 24.2 Å². The van der Waals surface area contributed by atoms with Crippen LogP contribution >= 0.6 is 11.8 Å². The summed E-state index contributed by atoms with van der Waals surface area (Å²) >= 11 is 1.76. The summed E-state index contributed by atoms with van der Waals surface area (Å²) in [4.78, 5) is 0. The molecule has 2 nitrogen and oxygen atoms in total. The van der Waals surface area contributed by atoms with E-state index in [2.05, 4.69) is 0 Å². The van der Waals surface area contributed by atoms with E-state index in [-0.39, 0.29) is 6.10 Å². The minimum atomic E-state index is -0.329. The maximum Gasteiger partial charge on any atom is 0.123 e. The maximum atomic E-state index is 9.78. The van der Waals surface area contributed by atoms with Crippen molar-refractivity contribution in [2.45, 2.75) is 18.8 Å². The summed E-state index contributed by atoms with van der Waals surface area (Å²) in [5.41, 5.74) is 2.20.